The smallest absolute Gasteiger partial charge is 0.101 e. The second kappa shape index (κ2) is 4.80. The van der Waals surface area contributed by atoms with E-state index in [4.69, 9.17) is 0 Å². The number of rotatable bonds is 4. The first-order chi connectivity index (χ1) is 4.12. The van der Waals surface area contributed by atoms with Crippen LogP contribution in [0.15, 0.2) is 0 Å². The first kappa shape index (κ1) is 10.0. The summed E-state index contributed by atoms with van der Waals surface area (Å²) in [4.78, 5) is 0. The Bertz CT molecular complexity index is 70.7. The first-order valence-electron chi connectivity index (χ1n) is 3.21. The molecule has 0 rings (SSSR count). The summed E-state index contributed by atoms with van der Waals surface area (Å²) in [6.07, 6.45) is 2.21. The number of hydrogen-bond donors (Lipinski definition) is 2. The van der Waals surface area contributed by atoms with E-state index in [-0.39, 0.29) is 3.41 Å². The molecule has 0 aromatic carbocycles. The van der Waals surface area contributed by atoms with Gasteiger partial charge in [0.15, 0.2) is 0 Å². The van der Waals surface area contributed by atoms with Crippen molar-refractivity contribution in [2.75, 3.05) is 5.75 Å². The maximum atomic E-state index is 4.35. The van der Waals surface area contributed by atoms with Crippen LogP contribution in [-0.4, -0.2) is 9.16 Å². The fourth-order valence-corrected chi connectivity index (χ4v) is 1.65. The molecular formula is C6H14S3. The van der Waals surface area contributed by atoms with Crippen LogP contribution >= 0.6 is 37.0 Å². The first-order valence-corrected chi connectivity index (χ1v) is 5.09. The Balaban J connectivity index is 3.33. The molecule has 0 N–H and O–H groups in total. The zero-order chi connectivity index (χ0) is 7.33. The standard InChI is InChI=1S/C6H14S3/c1-3-5-9-6(7,8)4-2/h7-8H,3-5H2,1-2H3. The van der Waals surface area contributed by atoms with Crippen molar-refractivity contribution in [3.8, 4) is 0 Å². The van der Waals surface area contributed by atoms with Crippen LogP contribution in [-0.2, 0) is 0 Å². The highest BCUT2D eigenvalue weighted by atomic mass is 32.2. The van der Waals surface area contributed by atoms with Crippen LogP contribution in [0.1, 0.15) is 26.7 Å². The predicted molar refractivity (Wildman–Crippen MR) is 53.7 cm³/mol. The van der Waals surface area contributed by atoms with Crippen LogP contribution in [0.4, 0.5) is 0 Å². The SMILES string of the molecule is CCCSC(S)(S)CC. The Morgan fingerprint density at radius 1 is 1.33 bits per heavy atom. The molecule has 0 aliphatic rings. The van der Waals surface area contributed by atoms with Crippen molar-refractivity contribution in [3.63, 3.8) is 0 Å². The minimum atomic E-state index is -0.101. The average Bonchev–Trinajstić information content (AvgIpc) is 1.84. The van der Waals surface area contributed by atoms with Gasteiger partial charge in [0.1, 0.15) is 3.41 Å². The van der Waals surface area contributed by atoms with Gasteiger partial charge in [-0.2, -0.15) is 25.3 Å². The van der Waals surface area contributed by atoms with Gasteiger partial charge in [0.25, 0.3) is 0 Å². The third kappa shape index (κ3) is 5.49. The molecule has 0 fully saturated rings. The van der Waals surface area contributed by atoms with E-state index in [1.54, 1.807) is 0 Å². The minimum Gasteiger partial charge on any atom is -0.151 e. The summed E-state index contributed by atoms with van der Waals surface area (Å²) in [6, 6.07) is 0. The second-order valence-electron chi connectivity index (χ2n) is 1.95. The fourth-order valence-electron chi connectivity index (χ4n) is 0.368. The predicted octanol–water partition coefficient (Wildman–Crippen LogP) is 3.05. The minimum absolute atomic E-state index is 0.101. The lowest BCUT2D eigenvalue weighted by molar-refractivity contribution is 1.01. The molecule has 0 atom stereocenters. The van der Waals surface area contributed by atoms with Gasteiger partial charge in [-0.3, -0.25) is 0 Å². The van der Waals surface area contributed by atoms with E-state index >= 15 is 0 Å². The molecular weight excluding hydrogens is 168 g/mol. The van der Waals surface area contributed by atoms with E-state index in [0.29, 0.717) is 0 Å². The van der Waals surface area contributed by atoms with Gasteiger partial charge in [-0.25, -0.2) is 0 Å². The molecule has 0 saturated heterocycles. The van der Waals surface area contributed by atoms with Crippen molar-refractivity contribution in [1.82, 2.24) is 0 Å². The Hall–Kier alpha value is 1.05. The van der Waals surface area contributed by atoms with Crippen molar-refractivity contribution in [3.05, 3.63) is 0 Å². The normalized spacial score (nSPS) is 12.0. The molecule has 0 aliphatic carbocycles. The summed E-state index contributed by atoms with van der Waals surface area (Å²) >= 11 is 10.5. The third-order valence-electron chi connectivity index (χ3n) is 0.998. The Morgan fingerprint density at radius 2 is 1.89 bits per heavy atom. The Labute approximate surface area is 73.0 Å². The van der Waals surface area contributed by atoms with Gasteiger partial charge in [0.05, 0.1) is 0 Å². The molecule has 0 radical (unpaired) electrons. The Morgan fingerprint density at radius 3 is 2.22 bits per heavy atom. The van der Waals surface area contributed by atoms with Crippen LogP contribution in [0.2, 0.25) is 0 Å². The molecule has 0 nitrogen and oxygen atoms in total. The second-order valence-corrected chi connectivity index (χ2v) is 5.82. The molecule has 0 saturated carbocycles. The zero-order valence-corrected chi connectivity index (χ0v) is 8.53. The van der Waals surface area contributed by atoms with E-state index in [2.05, 4.69) is 39.1 Å². The summed E-state index contributed by atoms with van der Waals surface area (Å²) in [5.41, 5.74) is 0. The van der Waals surface area contributed by atoms with Crippen molar-refractivity contribution in [2.45, 2.75) is 30.1 Å². The molecule has 0 spiro atoms. The van der Waals surface area contributed by atoms with Gasteiger partial charge in [-0.05, 0) is 18.6 Å². The average molecular weight is 182 g/mol. The van der Waals surface area contributed by atoms with Crippen LogP contribution in [0.3, 0.4) is 0 Å². The topological polar surface area (TPSA) is 0 Å². The van der Waals surface area contributed by atoms with Crippen molar-refractivity contribution in [2.24, 2.45) is 0 Å². The molecule has 0 unspecified atom stereocenters. The van der Waals surface area contributed by atoms with E-state index in [9.17, 15) is 0 Å². The van der Waals surface area contributed by atoms with Crippen molar-refractivity contribution in [1.29, 1.82) is 0 Å². The molecule has 0 bridgehead atoms. The molecule has 0 heterocycles. The van der Waals surface area contributed by atoms with Crippen LogP contribution in [0, 0.1) is 0 Å². The third-order valence-corrected chi connectivity index (χ3v) is 3.77. The monoisotopic (exact) mass is 182 g/mol. The molecule has 9 heavy (non-hydrogen) atoms. The van der Waals surface area contributed by atoms with E-state index < -0.39 is 0 Å². The molecule has 3 heteroatoms. The van der Waals surface area contributed by atoms with Crippen molar-refractivity contribution >= 4 is 37.0 Å². The molecule has 0 aliphatic heterocycles. The molecule has 0 amide bonds. The molecule has 0 aromatic rings. The summed E-state index contributed by atoms with van der Waals surface area (Å²) in [6.45, 7) is 4.27. The summed E-state index contributed by atoms with van der Waals surface area (Å²) in [5.74, 6) is 1.15. The number of thiol groups is 2. The lowest BCUT2D eigenvalue weighted by Gasteiger charge is -2.18. The highest BCUT2D eigenvalue weighted by Crippen LogP contribution is 2.36. The van der Waals surface area contributed by atoms with Crippen LogP contribution in [0.5, 0.6) is 0 Å². The van der Waals surface area contributed by atoms with Gasteiger partial charge in [-0.1, -0.05) is 13.8 Å². The van der Waals surface area contributed by atoms with E-state index in [0.717, 1.165) is 12.2 Å². The molecule has 56 valence electrons. The summed E-state index contributed by atoms with van der Waals surface area (Å²) in [5, 5.41) is 0. The molecule has 0 aromatic heterocycles. The lowest BCUT2D eigenvalue weighted by Crippen LogP contribution is -2.05. The highest BCUT2D eigenvalue weighted by molar-refractivity contribution is 8.24. The highest BCUT2D eigenvalue weighted by Gasteiger charge is 2.16. The Kier molecular flexibility index (Phi) is 5.36. The maximum Gasteiger partial charge on any atom is 0.101 e. The van der Waals surface area contributed by atoms with Gasteiger partial charge < -0.3 is 0 Å². The van der Waals surface area contributed by atoms with Crippen molar-refractivity contribution < 1.29 is 0 Å². The fraction of sp³-hybridized carbons (Fsp3) is 1.00. The summed E-state index contributed by atoms with van der Waals surface area (Å²) < 4.78 is -0.101. The van der Waals surface area contributed by atoms with Crippen LogP contribution in [0.25, 0.3) is 0 Å². The van der Waals surface area contributed by atoms with E-state index in [1.807, 2.05) is 11.8 Å². The van der Waals surface area contributed by atoms with Crippen LogP contribution < -0.4 is 0 Å². The lowest BCUT2D eigenvalue weighted by atomic mass is 10.6. The summed E-state index contributed by atoms with van der Waals surface area (Å²) in [7, 11) is 0. The largest absolute Gasteiger partial charge is 0.151 e. The van der Waals surface area contributed by atoms with Gasteiger partial charge in [0.2, 0.25) is 0 Å². The quantitative estimate of drug-likeness (QED) is 0.498. The van der Waals surface area contributed by atoms with Gasteiger partial charge >= 0.3 is 0 Å². The number of thioether (sulfide) groups is 1. The zero-order valence-electron chi connectivity index (χ0n) is 5.92. The van der Waals surface area contributed by atoms with Gasteiger partial charge in [-0.15, -0.1) is 11.8 Å². The van der Waals surface area contributed by atoms with Gasteiger partial charge in [0, 0.05) is 0 Å². The maximum absolute atomic E-state index is 4.35. The van der Waals surface area contributed by atoms with E-state index in [1.165, 1.54) is 6.42 Å². The number of hydrogen-bond acceptors (Lipinski definition) is 3.